The number of anilines is 1. The number of aryl methyl sites for hydroxylation is 1. The molecule has 0 spiro atoms. The van der Waals surface area contributed by atoms with E-state index in [1.807, 2.05) is 0 Å². The Hall–Kier alpha value is -1.32. The normalized spacial score (nSPS) is 16.5. The van der Waals surface area contributed by atoms with Crippen molar-refractivity contribution in [1.82, 2.24) is 4.98 Å². The molecule has 2 rings (SSSR count). The van der Waals surface area contributed by atoms with Crippen LogP contribution in [0.5, 0.6) is 0 Å². The number of nitrogens with two attached hydrogens (primary N) is 1. The number of nitrogen functional groups attached to an aromatic ring is 1. The minimum absolute atomic E-state index is 0.171. The summed E-state index contributed by atoms with van der Waals surface area (Å²) >= 11 is 0. The van der Waals surface area contributed by atoms with E-state index in [2.05, 4.69) is 4.98 Å². The number of ketones is 1. The van der Waals surface area contributed by atoms with Crippen molar-refractivity contribution in [3.63, 3.8) is 0 Å². The first-order valence-corrected chi connectivity index (χ1v) is 3.51. The molecule has 1 aliphatic carbocycles. The summed E-state index contributed by atoms with van der Waals surface area (Å²) in [6.07, 6.45) is 1.60. The van der Waals surface area contributed by atoms with Gasteiger partial charge in [0.2, 0.25) is 0 Å². The van der Waals surface area contributed by atoms with Gasteiger partial charge in [0.05, 0.1) is 12.1 Å². The molecular formula is C7H8N2O2. The van der Waals surface area contributed by atoms with E-state index in [-0.39, 0.29) is 11.8 Å². The van der Waals surface area contributed by atoms with Gasteiger partial charge >= 0.3 is 0 Å². The van der Waals surface area contributed by atoms with Gasteiger partial charge in [-0.15, -0.1) is 0 Å². The Balaban J connectivity index is 2.41. The van der Waals surface area contributed by atoms with E-state index in [1.165, 1.54) is 0 Å². The lowest BCUT2D eigenvalue weighted by Gasteiger charge is -2.04. The van der Waals surface area contributed by atoms with Gasteiger partial charge in [-0.1, -0.05) is 0 Å². The third kappa shape index (κ3) is 1.00. The zero-order valence-corrected chi connectivity index (χ0v) is 5.96. The van der Waals surface area contributed by atoms with E-state index in [1.54, 1.807) is 0 Å². The van der Waals surface area contributed by atoms with E-state index in [0.717, 1.165) is 5.69 Å². The van der Waals surface area contributed by atoms with Crippen molar-refractivity contribution in [2.75, 3.05) is 5.73 Å². The lowest BCUT2D eigenvalue weighted by atomic mass is 10.0. The summed E-state index contributed by atoms with van der Waals surface area (Å²) in [5, 5.41) is 0. The number of hydrogen-bond donors (Lipinski definition) is 1. The van der Waals surface area contributed by atoms with Gasteiger partial charge in [-0.25, -0.2) is 0 Å². The molecule has 0 saturated heterocycles. The maximum atomic E-state index is 10.9. The van der Waals surface area contributed by atoms with Gasteiger partial charge in [0.25, 0.3) is 6.01 Å². The fourth-order valence-electron chi connectivity index (χ4n) is 1.26. The minimum Gasteiger partial charge on any atom is -0.428 e. The van der Waals surface area contributed by atoms with Crippen LogP contribution in [0.1, 0.15) is 17.9 Å². The first-order chi connectivity index (χ1) is 5.25. The summed E-state index contributed by atoms with van der Waals surface area (Å²) in [7, 11) is 0. The van der Waals surface area contributed by atoms with E-state index in [4.69, 9.17) is 10.2 Å². The van der Waals surface area contributed by atoms with Crippen LogP contribution in [0, 0.1) is 0 Å². The number of oxazole rings is 1. The molecule has 4 heteroatoms. The van der Waals surface area contributed by atoms with Gasteiger partial charge < -0.3 is 10.2 Å². The Bertz CT molecular complexity index is 303. The lowest BCUT2D eigenvalue weighted by Crippen LogP contribution is -2.11. The average molecular weight is 152 g/mol. The Labute approximate surface area is 63.4 Å². The molecule has 2 N–H and O–H groups in total. The van der Waals surface area contributed by atoms with Crippen LogP contribution in [0.25, 0.3) is 0 Å². The number of hydrogen-bond acceptors (Lipinski definition) is 4. The molecule has 4 nitrogen and oxygen atoms in total. The molecule has 0 atom stereocenters. The van der Waals surface area contributed by atoms with Crippen LogP contribution < -0.4 is 5.73 Å². The standard InChI is InChI=1S/C7H8N2O2/c8-7-9-5-2-1-4(10)3-6(5)11-7/h1-3H2,(H2,8,9). The van der Waals surface area contributed by atoms with Gasteiger partial charge in [-0.3, -0.25) is 4.79 Å². The molecule has 0 fully saturated rings. The van der Waals surface area contributed by atoms with Crippen molar-refractivity contribution in [3.8, 4) is 0 Å². The third-order valence-corrected chi connectivity index (χ3v) is 1.79. The quantitative estimate of drug-likeness (QED) is 0.581. The van der Waals surface area contributed by atoms with Gasteiger partial charge in [-0.2, -0.15) is 4.98 Å². The number of rotatable bonds is 0. The minimum atomic E-state index is 0.171. The molecule has 1 aliphatic rings. The maximum absolute atomic E-state index is 10.9. The molecule has 1 aromatic rings. The Morgan fingerprint density at radius 2 is 2.27 bits per heavy atom. The van der Waals surface area contributed by atoms with Crippen molar-refractivity contribution in [1.29, 1.82) is 0 Å². The molecule has 58 valence electrons. The first-order valence-electron chi connectivity index (χ1n) is 3.51. The van der Waals surface area contributed by atoms with Crippen LogP contribution in [-0.4, -0.2) is 10.8 Å². The molecular weight excluding hydrogens is 144 g/mol. The molecule has 0 aromatic carbocycles. The van der Waals surface area contributed by atoms with Crippen LogP contribution in [0.15, 0.2) is 4.42 Å². The molecule has 0 amide bonds. The summed E-state index contributed by atoms with van der Waals surface area (Å²) < 4.78 is 5.02. The molecule has 1 aromatic heterocycles. The SMILES string of the molecule is Nc1nc2c(o1)CC(=O)CC2. The number of Topliss-reactive ketones (excluding diaryl/α,β-unsaturated/α-hetero) is 1. The van der Waals surface area contributed by atoms with Crippen LogP contribution in [0.4, 0.5) is 6.01 Å². The predicted octanol–water partition coefficient (Wildman–Crippen LogP) is 0.315. The highest BCUT2D eigenvalue weighted by Crippen LogP contribution is 2.20. The van der Waals surface area contributed by atoms with Crippen molar-refractivity contribution in [2.24, 2.45) is 0 Å². The topological polar surface area (TPSA) is 69.1 Å². The van der Waals surface area contributed by atoms with Crippen molar-refractivity contribution >= 4 is 11.8 Å². The fraction of sp³-hybridized carbons (Fsp3) is 0.429. The molecule has 11 heavy (non-hydrogen) atoms. The van der Waals surface area contributed by atoms with Crippen LogP contribution in [0.3, 0.4) is 0 Å². The van der Waals surface area contributed by atoms with Crippen LogP contribution >= 0.6 is 0 Å². The Morgan fingerprint density at radius 3 is 3.09 bits per heavy atom. The zero-order chi connectivity index (χ0) is 7.84. The number of carbonyl (C=O) groups is 1. The maximum Gasteiger partial charge on any atom is 0.292 e. The summed E-state index contributed by atoms with van der Waals surface area (Å²) in [5.41, 5.74) is 6.16. The Kier molecular flexibility index (Phi) is 1.21. The largest absolute Gasteiger partial charge is 0.428 e. The van der Waals surface area contributed by atoms with Crippen molar-refractivity contribution < 1.29 is 9.21 Å². The monoisotopic (exact) mass is 152 g/mol. The first kappa shape index (κ1) is 6.39. The van der Waals surface area contributed by atoms with Crippen molar-refractivity contribution in [2.45, 2.75) is 19.3 Å². The van der Waals surface area contributed by atoms with Crippen LogP contribution in [0.2, 0.25) is 0 Å². The van der Waals surface area contributed by atoms with E-state index in [9.17, 15) is 4.79 Å². The summed E-state index contributed by atoms with van der Waals surface area (Å²) in [6.45, 7) is 0. The Morgan fingerprint density at radius 1 is 1.45 bits per heavy atom. The van der Waals surface area contributed by atoms with Gasteiger partial charge in [-0.05, 0) is 0 Å². The molecule has 0 radical (unpaired) electrons. The lowest BCUT2D eigenvalue weighted by molar-refractivity contribution is -0.119. The number of fused-ring (bicyclic) bond motifs is 1. The third-order valence-electron chi connectivity index (χ3n) is 1.79. The van der Waals surface area contributed by atoms with Gasteiger partial charge in [0.1, 0.15) is 11.5 Å². The van der Waals surface area contributed by atoms with E-state index < -0.39 is 0 Å². The van der Waals surface area contributed by atoms with Crippen molar-refractivity contribution in [3.05, 3.63) is 11.5 Å². The number of aromatic nitrogens is 1. The molecule has 0 unspecified atom stereocenters. The highest BCUT2D eigenvalue weighted by molar-refractivity contribution is 5.82. The highest BCUT2D eigenvalue weighted by atomic mass is 16.4. The molecule has 0 aliphatic heterocycles. The van der Waals surface area contributed by atoms with E-state index >= 15 is 0 Å². The fourth-order valence-corrected chi connectivity index (χ4v) is 1.26. The molecule has 0 saturated carbocycles. The summed E-state index contributed by atoms with van der Waals surface area (Å²) in [4.78, 5) is 14.9. The second kappa shape index (κ2) is 2.08. The highest BCUT2D eigenvalue weighted by Gasteiger charge is 2.20. The van der Waals surface area contributed by atoms with Crippen LogP contribution in [-0.2, 0) is 17.6 Å². The predicted molar refractivity (Wildman–Crippen MR) is 37.9 cm³/mol. The average Bonchev–Trinajstić information content (AvgIpc) is 2.27. The summed E-state index contributed by atoms with van der Waals surface area (Å²) in [5.74, 6) is 0.854. The van der Waals surface area contributed by atoms with Gasteiger partial charge in [0, 0.05) is 12.8 Å². The summed E-state index contributed by atoms with van der Waals surface area (Å²) in [6, 6.07) is 0.171. The molecule has 0 bridgehead atoms. The number of carbonyl (C=O) groups excluding carboxylic acids is 1. The zero-order valence-electron chi connectivity index (χ0n) is 5.96. The smallest absolute Gasteiger partial charge is 0.292 e. The van der Waals surface area contributed by atoms with Gasteiger partial charge in [0.15, 0.2) is 0 Å². The molecule has 1 heterocycles. The number of nitrogens with zero attached hydrogens (tertiary/aromatic N) is 1. The second-order valence-electron chi connectivity index (χ2n) is 2.64. The second-order valence-corrected chi connectivity index (χ2v) is 2.64. The van der Waals surface area contributed by atoms with E-state index in [0.29, 0.717) is 25.0 Å².